The largest absolute Gasteiger partial charge is 0.507 e. The molecule has 1 unspecified atom stereocenters. The van der Waals surface area contributed by atoms with E-state index in [0.717, 1.165) is 36.0 Å². The van der Waals surface area contributed by atoms with Gasteiger partial charge in [0.1, 0.15) is 5.75 Å². The molecule has 0 spiro atoms. The third-order valence-electron chi connectivity index (χ3n) is 4.59. The summed E-state index contributed by atoms with van der Waals surface area (Å²) in [7, 11) is -3.95. The Balaban J connectivity index is 1.68. The third kappa shape index (κ3) is 4.04. The predicted octanol–water partition coefficient (Wildman–Crippen LogP) is 3.15. The molecule has 1 aliphatic carbocycles. The first-order valence-electron chi connectivity index (χ1n) is 8.44. The summed E-state index contributed by atoms with van der Waals surface area (Å²) in [6.45, 7) is 1.44. The van der Waals surface area contributed by atoms with Gasteiger partial charge in [-0.2, -0.15) is 8.42 Å². The van der Waals surface area contributed by atoms with Crippen LogP contribution in [-0.2, 0) is 33.6 Å². The van der Waals surface area contributed by atoms with Gasteiger partial charge in [0.15, 0.2) is 0 Å². The van der Waals surface area contributed by atoms with Crippen molar-refractivity contribution in [2.75, 3.05) is 6.61 Å². The number of benzene rings is 2. The van der Waals surface area contributed by atoms with E-state index >= 15 is 0 Å². The molecule has 0 radical (unpaired) electrons. The van der Waals surface area contributed by atoms with Crippen molar-refractivity contribution in [2.24, 2.45) is 0 Å². The van der Waals surface area contributed by atoms with E-state index in [1.165, 1.54) is 12.1 Å². The summed E-state index contributed by atoms with van der Waals surface area (Å²) in [5.74, 6) is 0.102. The van der Waals surface area contributed by atoms with Crippen molar-refractivity contribution in [1.29, 1.82) is 0 Å². The van der Waals surface area contributed by atoms with Crippen LogP contribution in [0.3, 0.4) is 0 Å². The molecule has 0 amide bonds. The molecule has 26 heavy (non-hydrogen) atoms. The fraction of sp³-hybridized carbons (Fsp3) is 0.368. The van der Waals surface area contributed by atoms with E-state index in [1.54, 1.807) is 12.1 Å². The lowest BCUT2D eigenvalue weighted by Crippen LogP contribution is -2.21. The summed E-state index contributed by atoms with van der Waals surface area (Å²) in [4.78, 5) is 0.0358. The Morgan fingerprint density at radius 1 is 1.23 bits per heavy atom. The Kier molecular flexibility index (Phi) is 5.58. The lowest BCUT2D eigenvalue weighted by molar-refractivity contribution is 0.110. The number of aliphatic hydroxyl groups excluding tert-OH is 1. The van der Waals surface area contributed by atoms with Crippen LogP contribution in [0.4, 0.5) is 0 Å². The molecule has 3 rings (SSSR count). The average Bonchev–Trinajstić information content (AvgIpc) is 3.06. The molecule has 0 aliphatic heterocycles. The van der Waals surface area contributed by atoms with Crippen molar-refractivity contribution in [1.82, 2.24) is 0 Å². The minimum Gasteiger partial charge on any atom is -0.507 e. The minimum absolute atomic E-state index is 0.0152. The topological polar surface area (TPSA) is 83.8 Å². The number of aliphatic hydroxyl groups is 1. The van der Waals surface area contributed by atoms with E-state index in [0.29, 0.717) is 10.6 Å². The summed E-state index contributed by atoms with van der Waals surface area (Å²) >= 11 is 6.23. The molecule has 1 aliphatic rings. The quantitative estimate of drug-likeness (QED) is 0.733. The fourth-order valence-electron chi connectivity index (χ4n) is 3.16. The van der Waals surface area contributed by atoms with Gasteiger partial charge in [0.25, 0.3) is 10.1 Å². The van der Waals surface area contributed by atoms with Gasteiger partial charge >= 0.3 is 0 Å². The van der Waals surface area contributed by atoms with Crippen molar-refractivity contribution < 1.29 is 22.8 Å². The zero-order valence-corrected chi connectivity index (χ0v) is 16.0. The third-order valence-corrected chi connectivity index (χ3v) is 6.22. The maximum absolute atomic E-state index is 12.2. The first-order valence-corrected chi connectivity index (χ1v) is 10.2. The van der Waals surface area contributed by atoms with Gasteiger partial charge in [-0.05, 0) is 55.5 Å². The van der Waals surface area contributed by atoms with Crippen molar-refractivity contribution in [3.05, 3.63) is 57.6 Å². The van der Waals surface area contributed by atoms with Crippen LogP contribution >= 0.6 is 11.6 Å². The SMILES string of the molecule is Cc1ccc(S(=O)(=O)OCC(O)Cc2c(Cl)cc3c(c2O)CCC3)cc1. The van der Waals surface area contributed by atoms with Gasteiger partial charge in [-0.25, -0.2) is 0 Å². The van der Waals surface area contributed by atoms with Crippen molar-refractivity contribution in [3.63, 3.8) is 0 Å². The van der Waals surface area contributed by atoms with E-state index in [4.69, 9.17) is 15.8 Å². The molecular weight excluding hydrogens is 376 g/mol. The number of aromatic hydroxyl groups is 1. The summed E-state index contributed by atoms with van der Waals surface area (Å²) < 4.78 is 29.3. The number of hydrogen-bond acceptors (Lipinski definition) is 5. The maximum Gasteiger partial charge on any atom is 0.297 e. The molecule has 0 saturated heterocycles. The van der Waals surface area contributed by atoms with Crippen molar-refractivity contribution >= 4 is 21.7 Å². The van der Waals surface area contributed by atoms with E-state index in [1.807, 2.05) is 13.0 Å². The first-order chi connectivity index (χ1) is 12.3. The van der Waals surface area contributed by atoms with E-state index in [-0.39, 0.29) is 17.1 Å². The molecule has 0 saturated carbocycles. The van der Waals surface area contributed by atoms with E-state index < -0.39 is 22.8 Å². The van der Waals surface area contributed by atoms with Crippen LogP contribution in [0.15, 0.2) is 35.2 Å². The molecule has 1 atom stereocenters. The van der Waals surface area contributed by atoms with E-state index in [2.05, 4.69) is 0 Å². The van der Waals surface area contributed by atoms with Gasteiger partial charge in [-0.1, -0.05) is 29.3 Å². The lowest BCUT2D eigenvalue weighted by Gasteiger charge is -2.16. The van der Waals surface area contributed by atoms with Crippen LogP contribution in [0.2, 0.25) is 5.02 Å². The van der Waals surface area contributed by atoms with Crippen molar-refractivity contribution in [3.8, 4) is 5.75 Å². The van der Waals surface area contributed by atoms with Crippen LogP contribution in [0.1, 0.15) is 28.7 Å². The zero-order chi connectivity index (χ0) is 18.9. The monoisotopic (exact) mass is 396 g/mol. The summed E-state index contributed by atoms with van der Waals surface area (Å²) in [6.07, 6.45) is 1.52. The Hall–Kier alpha value is -1.60. The summed E-state index contributed by atoms with van der Waals surface area (Å²) in [5, 5.41) is 21.0. The number of halogens is 1. The molecule has 7 heteroatoms. The molecule has 5 nitrogen and oxygen atoms in total. The molecule has 2 aromatic carbocycles. The molecule has 0 heterocycles. The average molecular weight is 397 g/mol. The highest BCUT2D eigenvalue weighted by Crippen LogP contribution is 2.38. The molecule has 0 fully saturated rings. The number of fused-ring (bicyclic) bond motifs is 1. The smallest absolute Gasteiger partial charge is 0.297 e. The normalized spacial score (nSPS) is 15.0. The maximum atomic E-state index is 12.2. The molecule has 0 bridgehead atoms. The van der Waals surface area contributed by atoms with Gasteiger partial charge in [-0.15, -0.1) is 0 Å². The predicted molar refractivity (Wildman–Crippen MR) is 99.2 cm³/mol. The van der Waals surface area contributed by atoms with Gasteiger partial charge in [-0.3, -0.25) is 4.18 Å². The first kappa shape index (κ1) is 19.2. The molecular formula is C19H21ClO5S. The number of aryl methyl sites for hydroxylation is 2. The minimum atomic E-state index is -3.95. The second-order valence-electron chi connectivity index (χ2n) is 6.59. The summed E-state index contributed by atoms with van der Waals surface area (Å²) in [5.41, 5.74) is 3.26. The second-order valence-corrected chi connectivity index (χ2v) is 8.61. The lowest BCUT2D eigenvalue weighted by atomic mass is 10.00. The van der Waals surface area contributed by atoms with Gasteiger partial charge in [0.05, 0.1) is 17.6 Å². The van der Waals surface area contributed by atoms with Gasteiger partial charge in [0.2, 0.25) is 0 Å². The van der Waals surface area contributed by atoms with Crippen LogP contribution in [0.25, 0.3) is 0 Å². The highest BCUT2D eigenvalue weighted by atomic mass is 35.5. The standard InChI is InChI=1S/C19H21ClO5S/c1-12-5-7-15(8-6-12)26(23,24)25-11-14(21)10-17-18(20)9-13-3-2-4-16(13)19(17)22/h5-9,14,21-22H,2-4,10-11H2,1H3. The van der Waals surface area contributed by atoms with Crippen LogP contribution in [0.5, 0.6) is 5.75 Å². The highest BCUT2D eigenvalue weighted by Gasteiger charge is 2.23. The number of phenols is 1. The van der Waals surface area contributed by atoms with E-state index in [9.17, 15) is 18.6 Å². The second kappa shape index (κ2) is 7.56. The van der Waals surface area contributed by atoms with Gasteiger partial charge in [0, 0.05) is 17.0 Å². The molecule has 2 aromatic rings. The molecule has 2 N–H and O–H groups in total. The van der Waals surface area contributed by atoms with Crippen LogP contribution < -0.4 is 0 Å². The zero-order valence-electron chi connectivity index (χ0n) is 14.4. The number of hydrogen-bond donors (Lipinski definition) is 2. The Bertz CT molecular complexity index is 907. The summed E-state index contributed by atoms with van der Waals surface area (Å²) in [6, 6.07) is 8.08. The highest BCUT2D eigenvalue weighted by molar-refractivity contribution is 7.86. The van der Waals surface area contributed by atoms with Crippen LogP contribution in [-0.4, -0.2) is 31.3 Å². The Morgan fingerprint density at radius 2 is 1.92 bits per heavy atom. The Labute approximate surface area is 158 Å². The molecule has 0 aromatic heterocycles. The molecule has 140 valence electrons. The van der Waals surface area contributed by atoms with Gasteiger partial charge < -0.3 is 10.2 Å². The number of phenolic OH excluding ortho intramolecular Hbond substituents is 1. The Morgan fingerprint density at radius 3 is 2.62 bits per heavy atom. The number of rotatable bonds is 6. The fourth-order valence-corrected chi connectivity index (χ4v) is 4.40. The van der Waals surface area contributed by atoms with Crippen LogP contribution in [0, 0.1) is 6.92 Å². The van der Waals surface area contributed by atoms with Crippen molar-refractivity contribution in [2.45, 2.75) is 43.6 Å².